The Hall–Kier alpha value is -1.06. The van der Waals surface area contributed by atoms with Crippen LogP contribution in [-0.2, 0) is 0 Å². The lowest BCUT2D eigenvalue weighted by Crippen LogP contribution is -2.44. The molecule has 0 radical (unpaired) electrons. The van der Waals surface area contributed by atoms with Crippen LogP contribution < -0.4 is 10.1 Å². The third-order valence-corrected chi connectivity index (χ3v) is 4.98. The van der Waals surface area contributed by atoms with Gasteiger partial charge >= 0.3 is 0 Å². The van der Waals surface area contributed by atoms with E-state index in [-0.39, 0.29) is 5.60 Å². The van der Waals surface area contributed by atoms with E-state index < -0.39 is 0 Å². The zero-order valence-electron chi connectivity index (χ0n) is 15.1. The smallest absolute Gasteiger partial charge is 0.125 e. The van der Waals surface area contributed by atoms with Crippen LogP contribution in [-0.4, -0.2) is 37.7 Å². The fraction of sp³-hybridized carbons (Fsp3) is 0.684. The van der Waals surface area contributed by atoms with Gasteiger partial charge in [-0.2, -0.15) is 0 Å². The lowest BCUT2D eigenvalue weighted by Gasteiger charge is -2.42. The van der Waals surface area contributed by atoms with Crippen LogP contribution in [0.15, 0.2) is 12.1 Å². The Morgan fingerprint density at radius 1 is 1.23 bits per heavy atom. The second kappa shape index (κ2) is 7.01. The lowest BCUT2D eigenvalue weighted by atomic mass is 9.81. The van der Waals surface area contributed by atoms with E-state index in [2.05, 4.69) is 64.1 Å². The van der Waals surface area contributed by atoms with E-state index in [1.807, 2.05) is 0 Å². The third-order valence-electron chi connectivity index (χ3n) is 4.98. The summed E-state index contributed by atoms with van der Waals surface area (Å²) < 4.78 is 6.49. The highest BCUT2D eigenvalue weighted by molar-refractivity contribution is 5.47. The van der Waals surface area contributed by atoms with Crippen molar-refractivity contribution >= 4 is 0 Å². The van der Waals surface area contributed by atoms with Crippen LogP contribution in [0.25, 0.3) is 0 Å². The molecule has 22 heavy (non-hydrogen) atoms. The highest BCUT2D eigenvalue weighted by atomic mass is 16.5. The van der Waals surface area contributed by atoms with E-state index in [0.29, 0.717) is 6.04 Å². The molecule has 124 valence electrons. The molecule has 1 N–H and O–H groups in total. The summed E-state index contributed by atoms with van der Waals surface area (Å²) in [4.78, 5) is 2.22. The predicted molar refractivity (Wildman–Crippen MR) is 93.8 cm³/mol. The molecule has 1 unspecified atom stereocenters. The van der Waals surface area contributed by atoms with Crippen molar-refractivity contribution in [2.24, 2.45) is 0 Å². The van der Waals surface area contributed by atoms with Crippen LogP contribution in [0, 0.1) is 13.8 Å². The summed E-state index contributed by atoms with van der Waals surface area (Å²) in [5, 5.41) is 3.77. The first kappa shape index (κ1) is 17.3. The lowest BCUT2D eigenvalue weighted by molar-refractivity contribution is 0.0223. The second-order valence-electron chi connectivity index (χ2n) is 7.00. The summed E-state index contributed by atoms with van der Waals surface area (Å²) in [5.74, 6) is 1.09. The normalized spacial score (nSPS) is 19.9. The van der Waals surface area contributed by atoms with Crippen LogP contribution >= 0.6 is 0 Å². The minimum Gasteiger partial charge on any atom is -0.487 e. The van der Waals surface area contributed by atoms with Crippen molar-refractivity contribution in [3.63, 3.8) is 0 Å². The Morgan fingerprint density at radius 3 is 2.50 bits per heavy atom. The number of hydrogen-bond donors (Lipinski definition) is 1. The molecule has 0 aromatic heterocycles. The molecule has 0 spiro atoms. The van der Waals surface area contributed by atoms with Gasteiger partial charge in [0.15, 0.2) is 0 Å². The molecule has 0 aliphatic carbocycles. The van der Waals surface area contributed by atoms with Gasteiger partial charge in [0.2, 0.25) is 0 Å². The molecule has 3 nitrogen and oxygen atoms in total. The molecule has 1 aliphatic heterocycles. The maximum Gasteiger partial charge on any atom is 0.125 e. The molecule has 1 aromatic carbocycles. The SMILES string of the molecule is CCC1(CC)CC(NCCN(C)C)c2c(C)cc(C)cc2O1. The van der Waals surface area contributed by atoms with Crippen LogP contribution in [0.2, 0.25) is 0 Å². The molecule has 0 saturated heterocycles. The minimum atomic E-state index is -0.0248. The monoisotopic (exact) mass is 304 g/mol. The Balaban J connectivity index is 2.31. The van der Waals surface area contributed by atoms with E-state index in [1.54, 1.807) is 0 Å². The molecule has 1 aliphatic rings. The number of aryl methyl sites for hydroxylation is 2. The first-order chi connectivity index (χ1) is 10.4. The Bertz CT molecular complexity index is 506. The van der Waals surface area contributed by atoms with E-state index in [4.69, 9.17) is 4.74 Å². The van der Waals surface area contributed by atoms with Gasteiger partial charge in [-0.1, -0.05) is 19.9 Å². The second-order valence-corrected chi connectivity index (χ2v) is 7.00. The van der Waals surface area contributed by atoms with Gasteiger partial charge in [0.1, 0.15) is 11.4 Å². The zero-order valence-corrected chi connectivity index (χ0v) is 15.1. The number of nitrogens with zero attached hydrogens (tertiary/aromatic N) is 1. The van der Waals surface area contributed by atoms with Crippen LogP contribution in [0.3, 0.4) is 0 Å². The molecule has 3 heteroatoms. The van der Waals surface area contributed by atoms with Crippen molar-refractivity contribution in [1.82, 2.24) is 10.2 Å². The van der Waals surface area contributed by atoms with Gasteiger partial charge in [-0.05, 0) is 58.0 Å². The molecule has 0 fully saturated rings. The maximum atomic E-state index is 6.49. The summed E-state index contributed by atoms with van der Waals surface area (Å²) in [5.41, 5.74) is 3.97. The fourth-order valence-electron chi connectivity index (χ4n) is 3.54. The van der Waals surface area contributed by atoms with Gasteiger partial charge in [0.25, 0.3) is 0 Å². The Labute approximate surface area is 136 Å². The van der Waals surface area contributed by atoms with Crippen molar-refractivity contribution in [3.05, 3.63) is 28.8 Å². The van der Waals surface area contributed by atoms with Gasteiger partial charge in [-0.3, -0.25) is 0 Å². The van der Waals surface area contributed by atoms with Crippen molar-refractivity contribution in [2.45, 2.75) is 58.6 Å². The van der Waals surface area contributed by atoms with E-state index >= 15 is 0 Å². The van der Waals surface area contributed by atoms with Gasteiger partial charge in [-0.15, -0.1) is 0 Å². The van der Waals surface area contributed by atoms with Gasteiger partial charge in [0.05, 0.1) is 0 Å². The van der Waals surface area contributed by atoms with Crippen LogP contribution in [0.1, 0.15) is 55.8 Å². The van der Waals surface area contributed by atoms with Crippen LogP contribution in [0.5, 0.6) is 5.75 Å². The van der Waals surface area contributed by atoms with E-state index in [1.165, 1.54) is 16.7 Å². The first-order valence-corrected chi connectivity index (χ1v) is 8.59. The standard InChI is InChI=1S/C19H32N2O/c1-7-19(8-2)13-16(20-9-10-21(5)6)18-15(4)11-14(3)12-17(18)22-19/h11-12,16,20H,7-10,13H2,1-6H3. The number of rotatable bonds is 6. The fourth-order valence-corrected chi connectivity index (χ4v) is 3.54. The average Bonchev–Trinajstić information content (AvgIpc) is 2.45. The Morgan fingerprint density at radius 2 is 1.91 bits per heavy atom. The molecule has 0 amide bonds. The topological polar surface area (TPSA) is 24.5 Å². The number of ether oxygens (including phenoxy) is 1. The third kappa shape index (κ3) is 3.64. The van der Waals surface area contributed by atoms with Crippen molar-refractivity contribution in [3.8, 4) is 5.75 Å². The number of nitrogens with one attached hydrogen (secondary N) is 1. The number of benzene rings is 1. The Kier molecular flexibility index (Phi) is 5.51. The van der Waals surface area contributed by atoms with Crippen molar-refractivity contribution in [1.29, 1.82) is 0 Å². The van der Waals surface area contributed by atoms with Gasteiger partial charge in [0, 0.05) is 31.1 Å². The average molecular weight is 304 g/mol. The number of fused-ring (bicyclic) bond motifs is 1. The highest BCUT2D eigenvalue weighted by Crippen LogP contribution is 2.44. The van der Waals surface area contributed by atoms with E-state index in [9.17, 15) is 0 Å². The van der Waals surface area contributed by atoms with Gasteiger partial charge in [-0.25, -0.2) is 0 Å². The molecule has 1 atom stereocenters. The summed E-state index contributed by atoms with van der Waals surface area (Å²) in [6.07, 6.45) is 3.17. The maximum absolute atomic E-state index is 6.49. The van der Waals surface area contributed by atoms with Gasteiger partial charge < -0.3 is 15.0 Å². The quantitative estimate of drug-likeness (QED) is 0.864. The summed E-state index contributed by atoms with van der Waals surface area (Å²) in [6.45, 7) is 10.9. The van der Waals surface area contributed by atoms with Crippen molar-refractivity contribution in [2.75, 3.05) is 27.2 Å². The molecule has 0 bridgehead atoms. The highest BCUT2D eigenvalue weighted by Gasteiger charge is 2.39. The molecule has 1 heterocycles. The summed E-state index contributed by atoms with van der Waals surface area (Å²) in [6, 6.07) is 4.87. The summed E-state index contributed by atoms with van der Waals surface area (Å²) >= 11 is 0. The molecule has 2 rings (SSSR count). The van der Waals surface area contributed by atoms with Crippen molar-refractivity contribution < 1.29 is 4.74 Å². The van der Waals surface area contributed by atoms with Crippen LogP contribution in [0.4, 0.5) is 0 Å². The zero-order chi connectivity index (χ0) is 16.3. The largest absolute Gasteiger partial charge is 0.487 e. The molecular weight excluding hydrogens is 272 g/mol. The number of hydrogen-bond acceptors (Lipinski definition) is 3. The first-order valence-electron chi connectivity index (χ1n) is 8.59. The number of likely N-dealkylation sites (N-methyl/N-ethyl adjacent to an activating group) is 1. The minimum absolute atomic E-state index is 0.0248. The predicted octanol–water partition coefficient (Wildman–Crippen LogP) is 3.84. The summed E-state index contributed by atoms with van der Waals surface area (Å²) in [7, 11) is 4.24. The van der Waals surface area contributed by atoms with E-state index in [0.717, 1.165) is 38.1 Å². The molecule has 1 aromatic rings. The molecule has 0 saturated carbocycles. The molecular formula is C19H32N2O.